The summed E-state index contributed by atoms with van der Waals surface area (Å²) in [5.41, 5.74) is 5.18. The van der Waals surface area contributed by atoms with Gasteiger partial charge in [-0.1, -0.05) is 20.8 Å². The highest BCUT2D eigenvalue weighted by Crippen LogP contribution is 2.32. The molecule has 0 saturated heterocycles. The van der Waals surface area contributed by atoms with Gasteiger partial charge < -0.3 is 16.2 Å². The smallest absolute Gasteiger partial charge is 0.135 e. The Balaban J connectivity index is 2.00. The van der Waals surface area contributed by atoms with E-state index in [0.29, 0.717) is 18.2 Å². The van der Waals surface area contributed by atoms with Gasteiger partial charge in [0.05, 0.1) is 5.60 Å². The highest BCUT2D eigenvalue weighted by molar-refractivity contribution is 5.45. The van der Waals surface area contributed by atoms with E-state index in [4.69, 9.17) is 5.73 Å². The maximum absolute atomic E-state index is 10.6. The van der Waals surface area contributed by atoms with Crippen LogP contribution >= 0.6 is 0 Å². The van der Waals surface area contributed by atoms with Crippen molar-refractivity contribution in [1.82, 2.24) is 9.97 Å². The second-order valence-electron chi connectivity index (χ2n) is 6.45. The van der Waals surface area contributed by atoms with Crippen molar-refractivity contribution in [3.63, 3.8) is 0 Å². The molecule has 1 aliphatic carbocycles. The number of hydrogen-bond acceptors (Lipinski definition) is 5. The molecule has 0 bridgehead atoms. The minimum absolute atomic E-state index is 0.234. The van der Waals surface area contributed by atoms with Crippen molar-refractivity contribution in [2.75, 3.05) is 17.6 Å². The van der Waals surface area contributed by atoms with E-state index in [2.05, 4.69) is 22.2 Å². The van der Waals surface area contributed by atoms with Crippen molar-refractivity contribution >= 4 is 11.6 Å². The molecule has 1 aromatic rings. The minimum atomic E-state index is -0.621. The second kappa shape index (κ2) is 5.95. The zero-order chi connectivity index (χ0) is 14.8. The van der Waals surface area contributed by atoms with Crippen LogP contribution in [-0.2, 0) is 0 Å². The first kappa shape index (κ1) is 15.0. The van der Waals surface area contributed by atoms with Crippen molar-refractivity contribution in [1.29, 1.82) is 0 Å². The molecule has 1 heterocycles. The summed E-state index contributed by atoms with van der Waals surface area (Å²) in [4.78, 5) is 8.67. The third kappa shape index (κ3) is 3.82. The molecular formula is C15H26N4O. The largest absolute Gasteiger partial charge is 0.388 e. The second-order valence-corrected chi connectivity index (χ2v) is 6.45. The van der Waals surface area contributed by atoms with Crippen molar-refractivity contribution in [3.8, 4) is 0 Å². The number of anilines is 2. The molecule has 0 radical (unpaired) electrons. The molecule has 0 amide bonds. The average Bonchev–Trinajstić information content (AvgIpc) is 2.40. The van der Waals surface area contributed by atoms with Crippen molar-refractivity contribution in [2.24, 2.45) is 5.92 Å². The van der Waals surface area contributed by atoms with E-state index < -0.39 is 5.60 Å². The quantitative estimate of drug-likeness (QED) is 0.788. The SMILES string of the molecule is CC1CCC(O)(CNc2cc(N)nc(C(C)C)n2)CC1. The molecule has 20 heavy (non-hydrogen) atoms. The van der Waals surface area contributed by atoms with Gasteiger partial charge in [0.15, 0.2) is 0 Å². The lowest BCUT2D eigenvalue weighted by Gasteiger charge is -2.35. The third-order valence-corrected chi connectivity index (χ3v) is 4.08. The number of nitrogens with zero attached hydrogens (tertiary/aromatic N) is 2. The Hall–Kier alpha value is -1.36. The van der Waals surface area contributed by atoms with E-state index >= 15 is 0 Å². The lowest BCUT2D eigenvalue weighted by molar-refractivity contribution is 0.00494. The Kier molecular flexibility index (Phi) is 4.48. The van der Waals surface area contributed by atoms with Crippen molar-refractivity contribution in [3.05, 3.63) is 11.9 Å². The highest BCUT2D eigenvalue weighted by Gasteiger charge is 2.31. The number of aromatic nitrogens is 2. The molecule has 5 heteroatoms. The van der Waals surface area contributed by atoms with E-state index in [1.807, 2.05) is 13.8 Å². The normalized spacial score (nSPS) is 26.8. The fraction of sp³-hybridized carbons (Fsp3) is 0.733. The number of nitrogens with one attached hydrogen (secondary N) is 1. The monoisotopic (exact) mass is 278 g/mol. The predicted molar refractivity (Wildman–Crippen MR) is 81.6 cm³/mol. The number of hydrogen-bond donors (Lipinski definition) is 3. The molecule has 1 aromatic heterocycles. The molecule has 2 rings (SSSR count). The lowest BCUT2D eigenvalue weighted by atomic mass is 9.79. The zero-order valence-corrected chi connectivity index (χ0v) is 12.7. The average molecular weight is 278 g/mol. The van der Waals surface area contributed by atoms with E-state index in [1.54, 1.807) is 6.07 Å². The maximum atomic E-state index is 10.6. The molecular weight excluding hydrogens is 252 g/mol. The van der Waals surface area contributed by atoms with Crippen molar-refractivity contribution in [2.45, 2.75) is 58.0 Å². The van der Waals surface area contributed by atoms with Gasteiger partial charge in [0, 0.05) is 18.5 Å². The summed E-state index contributed by atoms with van der Waals surface area (Å²) in [6.07, 6.45) is 3.86. The number of rotatable bonds is 4. The predicted octanol–water partition coefficient (Wildman–Crippen LogP) is 2.54. The highest BCUT2D eigenvalue weighted by atomic mass is 16.3. The molecule has 5 nitrogen and oxygen atoms in total. The van der Waals surface area contributed by atoms with E-state index in [0.717, 1.165) is 37.4 Å². The van der Waals surface area contributed by atoms with Crippen LogP contribution in [0.5, 0.6) is 0 Å². The Morgan fingerprint density at radius 3 is 2.65 bits per heavy atom. The van der Waals surface area contributed by atoms with Gasteiger partial charge in [-0.2, -0.15) is 0 Å². The van der Waals surface area contributed by atoms with Crippen LogP contribution in [0.2, 0.25) is 0 Å². The molecule has 0 aliphatic heterocycles. The summed E-state index contributed by atoms with van der Waals surface area (Å²) < 4.78 is 0. The van der Waals surface area contributed by atoms with Crippen LogP contribution in [-0.4, -0.2) is 27.2 Å². The van der Waals surface area contributed by atoms with Crippen LogP contribution in [0.4, 0.5) is 11.6 Å². The van der Waals surface area contributed by atoms with Gasteiger partial charge in [-0.3, -0.25) is 0 Å². The van der Waals surface area contributed by atoms with Gasteiger partial charge in [-0.25, -0.2) is 9.97 Å². The number of nitrogen functional groups attached to an aromatic ring is 1. The molecule has 1 aliphatic rings. The van der Waals surface area contributed by atoms with E-state index in [1.165, 1.54) is 0 Å². The van der Waals surface area contributed by atoms with Gasteiger partial charge in [0.25, 0.3) is 0 Å². The Morgan fingerprint density at radius 2 is 2.05 bits per heavy atom. The minimum Gasteiger partial charge on any atom is -0.388 e. The van der Waals surface area contributed by atoms with Crippen LogP contribution in [0.1, 0.15) is 58.2 Å². The zero-order valence-electron chi connectivity index (χ0n) is 12.7. The molecule has 0 aromatic carbocycles. The molecule has 112 valence electrons. The molecule has 0 atom stereocenters. The van der Waals surface area contributed by atoms with Gasteiger partial charge in [-0.15, -0.1) is 0 Å². The molecule has 0 unspecified atom stereocenters. The van der Waals surface area contributed by atoms with Crippen LogP contribution in [0.25, 0.3) is 0 Å². The molecule has 0 spiro atoms. The van der Waals surface area contributed by atoms with Gasteiger partial charge in [-0.05, 0) is 31.6 Å². The molecule has 1 fully saturated rings. The van der Waals surface area contributed by atoms with Crippen LogP contribution in [0.3, 0.4) is 0 Å². The maximum Gasteiger partial charge on any atom is 0.135 e. The summed E-state index contributed by atoms with van der Waals surface area (Å²) in [6, 6.07) is 1.72. The number of nitrogens with two attached hydrogens (primary N) is 1. The fourth-order valence-electron chi connectivity index (χ4n) is 2.57. The van der Waals surface area contributed by atoms with E-state index in [9.17, 15) is 5.11 Å². The Bertz CT molecular complexity index is 453. The summed E-state index contributed by atoms with van der Waals surface area (Å²) in [6.45, 7) is 6.84. The Morgan fingerprint density at radius 1 is 1.40 bits per heavy atom. The molecule has 1 saturated carbocycles. The van der Waals surface area contributed by atoms with Crippen molar-refractivity contribution < 1.29 is 5.11 Å². The fourth-order valence-corrected chi connectivity index (χ4v) is 2.57. The standard InChI is InChI=1S/C15H26N4O/c1-10(2)14-18-12(16)8-13(19-14)17-9-15(20)6-4-11(3)5-7-15/h8,10-11,20H,4-7,9H2,1-3H3,(H3,16,17,18,19). The number of aliphatic hydroxyl groups is 1. The van der Waals surface area contributed by atoms with Gasteiger partial charge >= 0.3 is 0 Å². The van der Waals surface area contributed by atoms with Gasteiger partial charge in [0.1, 0.15) is 17.5 Å². The van der Waals surface area contributed by atoms with Crippen LogP contribution in [0.15, 0.2) is 6.07 Å². The first-order valence-corrected chi connectivity index (χ1v) is 7.49. The molecule has 4 N–H and O–H groups in total. The first-order valence-electron chi connectivity index (χ1n) is 7.49. The van der Waals surface area contributed by atoms with Crippen LogP contribution < -0.4 is 11.1 Å². The lowest BCUT2D eigenvalue weighted by Crippen LogP contribution is -2.40. The summed E-state index contributed by atoms with van der Waals surface area (Å²) >= 11 is 0. The summed E-state index contributed by atoms with van der Waals surface area (Å²) in [7, 11) is 0. The topological polar surface area (TPSA) is 84.1 Å². The van der Waals surface area contributed by atoms with Gasteiger partial charge in [0.2, 0.25) is 0 Å². The third-order valence-electron chi connectivity index (χ3n) is 4.08. The summed E-state index contributed by atoms with van der Waals surface area (Å²) in [5, 5.41) is 13.8. The van der Waals surface area contributed by atoms with Crippen LogP contribution in [0, 0.1) is 5.92 Å². The van der Waals surface area contributed by atoms with E-state index in [-0.39, 0.29) is 5.92 Å². The Labute approximate surface area is 121 Å². The first-order chi connectivity index (χ1) is 9.38. The summed E-state index contributed by atoms with van der Waals surface area (Å²) in [5.74, 6) is 2.86.